The first-order valence-corrected chi connectivity index (χ1v) is 3.84. The van der Waals surface area contributed by atoms with Gasteiger partial charge in [0.1, 0.15) is 5.03 Å². The summed E-state index contributed by atoms with van der Waals surface area (Å²) in [7, 11) is 0. The second kappa shape index (κ2) is 5.40. The van der Waals surface area contributed by atoms with Crippen LogP contribution >= 0.6 is 25.3 Å². The van der Waals surface area contributed by atoms with Crippen LogP contribution in [0.2, 0.25) is 0 Å². The Balaban J connectivity index is 0.00000144. The number of allylic oxidation sites excluding steroid dienone is 1. The van der Waals surface area contributed by atoms with Crippen molar-refractivity contribution in [1.29, 1.82) is 0 Å². The molecule has 1 aromatic rings. The van der Waals surface area contributed by atoms with Gasteiger partial charge >= 0.3 is 0 Å². The van der Waals surface area contributed by atoms with Crippen molar-refractivity contribution >= 4 is 48.4 Å². The lowest BCUT2D eigenvalue weighted by Crippen LogP contribution is -2.04. The Labute approximate surface area is 96.8 Å². The van der Waals surface area contributed by atoms with E-state index in [1.807, 2.05) is 0 Å². The lowest BCUT2D eigenvalue weighted by Gasteiger charge is -1.98. The first-order valence-electron chi connectivity index (χ1n) is 2.95. The van der Waals surface area contributed by atoms with Crippen LogP contribution in [0.15, 0.2) is 22.6 Å². The number of thiol groups is 2. The van der Waals surface area contributed by atoms with E-state index in [2.05, 4.69) is 47.2 Å². The Morgan fingerprint density at radius 1 is 1.38 bits per heavy atom. The molecule has 0 N–H and O–H groups in total. The van der Waals surface area contributed by atoms with E-state index in [1.165, 1.54) is 0 Å². The summed E-state index contributed by atoms with van der Waals surface area (Å²) in [6.07, 6.45) is 1.14. The number of hydrogen-bond acceptors (Lipinski definition) is 6. The van der Waals surface area contributed by atoms with Crippen LogP contribution in [-0.2, 0) is 0 Å². The van der Waals surface area contributed by atoms with Gasteiger partial charge in [0, 0.05) is 17.4 Å². The standard InChI is InChI=1S/C6H5N3OS2.Al/c1-2-3(10)4-5(11)6(12)8-9-7-4;/h2H,1H2,(H,9,11)(H,7,8,12);. The molecule has 0 saturated heterocycles. The smallest absolute Gasteiger partial charge is 0.206 e. The number of aromatic nitrogens is 3. The van der Waals surface area contributed by atoms with Crippen LogP contribution < -0.4 is 0 Å². The van der Waals surface area contributed by atoms with Crippen molar-refractivity contribution in [2.45, 2.75) is 9.92 Å². The molecule has 7 heteroatoms. The van der Waals surface area contributed by atoms with Crippen LogP contribution in [0.25, 0.3) is 0 Å². The van der Waals surface area contributed by atoms with Gasteiger partial charge in [0.2, 0.25) is 5.78 Å². The van der Waals surface area contributed by atoms with Crippen LogP contribution in [0.3, 0.4) is 0 Å². The molecule has 1 aromatic heterocycles. The van der Waals surface area contributed by atoms with E-state index in [4.69, 9.17) is 0 Å². The zero-order valence-electron chi connectivity index (χ0n) is 6.51. The molecule has 0 aliphatic carbocycles. The van der Waals surface area contributed by atoms with Gasteiger partial charge in [-0.3, -0.25) is 4.79 Å². The normalized spacial score (nSPS) is 8.77. The summed E-state index contributed by atoms with van der Waals surface area (Å²) in [5, 5.41) is 10.6. The number of carbonyl (C=O) groups is 1. The summed E-state index contributed by atoms with van der Waals surface area (Å²) in [4.78, 5) is 11.4. The molecule has 1 rings (SSSR count). The third-order valence-corrected chi connectivity index (χ3v) is 2.05. The second-order valence-corrected chi connectivity index (χ2v) is 2.75. The van der Waals surface area contributed by atoms with Gasteiger partial charge in [-0.15, -0.1) is 35.5 Å². The quantitative estimate of drug-likeness (QED) is 0.332. The third kappa shape index (κ3) is 2.81. The summed E-state index contributed by atoms with van der Waals surface area (Å²) in [5.74, 6) is -0.342. The lowest BCUT2D eigenvalue weighted by atomic mass is 10.3. The van der Waals surface area contributed by atoms with Crippen molar-refractivity contribution in [2.75, 3.05) is 0 Å². The number of ketones is 1. The van der Waals surface area contributed by atoms with Gasteiger partial charge in [-0.1, -0.05) is 6.58 Å². The van der Waals surface area contributed by atoms with E-state index >= 15 is 0 Å². The van der Waals surface area contributed by atoms with Crippen molar-refractivity contribution in [1.82, 2.24) is 15.4 Å². The van der Waals surface area contributed by atoms with Crippen molar-refractivity contribution < 1.29 is 4.79 Å². The Bertz CT molecular complexity index is 345. The van der Waals surface area contributed by atoms with Gasteiger partial charge < -0.3 is 0 Å². The van der Waals surface area contributed by atoms with E-state index in [1.54, 1.807) is 0 Å². The number of hydrogen-bond donors (Lipinski definition) is 2. The minimum atomic E-state index is -0.342. The zero-order valence-corrected chi connectivity index (χ0v) is 9.45. The number of carbonyl (C=O) groups excluding carboxylic acids is 1. The number of nitrogens with zero attached hydrogens (tertiary/aromatic N) is 3. The maximum atomic E-state index is 11.1. The fraction of sp³-hybridized carbons (Fsp3) is 0. The molecular weight excluding hydrogens is 221 g/mol. The zero-order chi connectivity index (χ0) is 9.14. The Kier molecular flexibility index (Phi) is 5.25. The average molecular weight is 226 g/mol. The van der Waals surface area contributed by atoms with Crippen LogP contribution in [-0.4, -0.2) is 38.6 Å². The highest BCUT2D eigenvalue weighted by atomic mass is 32.1. The molecule has 0 bridgehead atoms. The predicted molar refractivity (Wildman–Crippen MR) is 54.6 cm³/mol. The highest BCUT2D eigenvalue weighted by molar-refractivity contribution is 7.83. The molecule has 0 unspecified atom stereocenters. The summed E-state index contributed by atoms with van der Waals surface area (Å²) < 4.78 is 0. The van der Waals surface area contributed by atoms with Gasteiger partial charge in [-0.05, 0) is 11.3 Å². The SMILES string of the molecule is C=CC(=O)c1nnnc(S)c1S.[Al]. The highest BCUT2D eigenvalue weighted by Crippen LogP contribution is 2.17. The Morgan fingerprint density at radius 2 is 2.00 bits per heavy atom. The summed E-state index contributed by atoms with van der Waals surface area (Å²) >= 11 is 7.92. The van der Waals surface area contributed by atoms with Crippen molar-refractivity contribution in [3.8, 4) is 0 Å². The lowest BCUT2D eigenvalue weighted by molar-refractivity contribution is 0.103. The molecule has 0 saturated carbocycles. The molecular formula is C6H5AlN3OS2. The number of rotatable bonds is 2. The topological polar surface area (TPSA) is 55.7 Å². The van der Waals surface area contributed by atoms with Crippen molar-refractivity contribution in [2.24, 2.45) is 0 Å². The molecule has 3 radical (unpaired) electrons. The molecule has 65 valence electrons. The van der Waals surface area contributed by atoms with Crippen LogP contribution in [0.5, 0.6) is 0 Å². The first kappa shape index (κ1) is 12.7. The minimum Gasteiger partial charge on any atom is -0.287 e. The van der Waals surface area contributed by atoms with Crippen molar-refractivity contribution in [3.63, 3.8) is 0 Å². The Morgan fingerprint density at radius 3 is 2.54 bits per heavy atom. The van der Waals surface area contributed by atoms with E-state index in [-0.39, 0.29) is 33.9 Å². The van der Waals surface area contributed by atoms with Crippen molar-refractivity contribution in [3.05, 3.63) is 18.3 Å². The van der Waals surface area contributed by atoms with Gasteiger partial charge in [0.15, 0.2) is 5.69 Å². The minimum absolute atomic E-state index is 0. The molecule has 0 aliphatic rings. The maximum absolute atomic E-state index is 11.1. The largest absolute Gasteiger partial charge is 0.287 e. The van der Waals surface area contributed by atoms with E-state index in [9.17, 15) is 4.79 Å². The molecule has 1 heterocycles. The van der Waals surface area contributed by atoms with Crippen LogP contribution in [0.1, 0.15) is 10.5 Å². The van der Waals surface area contributed by atoms with E-state index in [0.29, 0.717) is 4.90 Å². The summed E-state index contributed by atoms with van der Waals surface area (Å²) in [5.41, 5.74) is 0.119. The summed E-state index contributed by atoms with van der Waals surface area (Å²) in [6, 6.07) is 0. The molecule has 0 atom stereocenters. The van der Waals surface area contributed by atoms with Gasteiger partial charge in [-0.2, -0.15) is 0 Å². The molecule has 0 fully saturated rings. The van der Waals surface area contributed by atoms with E-state index < -0.39 is 0 Å². The van der Waals surface area contributed by atoms with Gasteiger partial charge in [0.05, 0.1) is 4.90 Å². The average Bonchev–Trinajstić information content (AvgIpc) is 2.08. The molecule has 0 aliphatic heterocycles. The molecule has 0 aromatic carbocycles. The monoisotopic (exact) mass is 226 g/mol. The third-order valence-electron chi connectivity index (χ3n) is 1.14. The molecule has 4 nitrogen and oxygen atoms in total. The van der Waals surface area contributed by atoms with E-state index in [0.717, 1.165) is 6.08 Å². The fourth-order valence-corrected chi connectivity index (χ4v) is 0.918. The predicted octanol–water partition coefficient (Wildman–Crippen LogP) is 0.437. The summed E-state index contributed by atoms with van der Waals surface area (Å²) in [6.45, 7) is 3.31. The molecule has 13 heavy (non-hydrogen) atoms. The molecule has 0 amide bonds. The Hall–Kier alpha value is -0.348. The van der Waals surface area contributed by atoms with Crippen LogP contribution in [0.4, 0.5) is 0 Å². The van der Waals surface area contributed by atoms with Gasteiger partial charge in [0.25, 0.3) is 0 Å². The van der Waals surface area contributed by atoms with Gasteiger partial charge in [-0.25, -0.2) is 0 Å². The maximum Gasteiger partial charge on any atom is 0.206 e. The van der Waals surface area contributed by atoms with Crippen LogP contribution in [0, 0.1) is 0 Å². The second-order valence-electron chi connectivity index (χ2n) is 1.88. The molecule has 0 spiro atoms. The fourth-order valence-electron chi connectivity index (χ4n) is 0.573. The first-order chi connectivity index (χ1) is 5.66. The highest BCUT2D eigenvalue weighted by Gasteiger charge is 2.11.